The third-order valence-electron chi connectivity index (χ3n) is 3.79. The fourth-order valence-corrected chi connectivity index (χ4v) is 4.25. The van der Waals surface area contributed by atoms with E-state index in [1.165, 1.54) is 7.05 Å². The molecule has 132 valence electrons. The first-order chi connectivity index (χ1) is 10.1. The minimum atomic E-state index is -4.64. The lowest BCUT2D eigenvalue weighted by molar-refractivity contribution is -0.137. The molecule has 1 aliphatic carbocycles. The van der Waals surface area contributed by atoms with Crippen LogP contribution >= 0.6 is 24.0 Å². The van der Waals surface area contributed by atoms with Gasteiger partial charge in [0.2, 0.25) is 10.0 Å². The standard InChI is InChI=1S/C13H16ClF3N2O2S.ClH/c1-19(11(7-18)8-2-3-8)22(20,21)12-6-9(13(15,16)17)4-5-10(12)14;/h4-6,8,11H,2-3,7,18H2,1H3;1H. The summed E-state index contributed by atoms with van der Waals surface area (Å²) in [4.78, 5) is -0.550. The predicted octanol–water partition coefficient (Wildman–Crippen LogP) is 3.14. The lowest BCUT2D eigenvalue weighted by atomic mass is 10.2. The minimum absolute atomic E-state index is 0. The van der Waals surface area contributed by atoms with Crippen molar-refractivity contribution in [3.63, 3.8) is 0 Å². The number of nitrogens with zero attached hydrogens (tertiary/aromatic N) is 1. The molecule has 0 spiro atoms. The van der Waals surface area contributed by atoms with Crippen molar-refractivity contribution in [2.45, 2.75) is 30.0 Å². The number of halogens is 5. The van der Waals surface area contributed by atoms with Gasteiger partial charge in [-0.1, -0.05) is 11.6 Å². The molecule has 0 aromatic heterocycles. The molecule has 1 saturated carbocycles. The molecule has 1 unspecified atom stereocenters. The van der Waals surface area contributed by atoms with Gasteiger partial charge >= 0.3 is 6.18 Å². The van der Waals surface area contributed by atoms with E-state index in [0.29, 0.717) is 6.07 Å². The molecular formula is C13H17Cl2F3N2O2S. The van der Waals surface area contributed by atoms with E-state index in [0.717, 1.165) is 29.3 Å². The van der Waals surface area contributed by atoms with Crippen molar-refractivity contribution in [2.75, 3.05) is 13.6 Å². The van der Waals surface area contributed by atoms with Gasteiger partial charge in [-0.15, -0.1) is 12.4 Å². The van der Waals surface area contributed by atoms with Gasteiger partial charge in [-0.3, -0.25) is 0 Å². The Kier molecular flexibility index (Phi) is 6.37. The molecule has 1 aliphatic rings. The van der Waals surface area contributed by atoms with Gasteiger partial charge in [0.25, 0.3) is 0 Å². The third-order valence-corrected chi connectivity index (χ3v) is 6.15. The van der Waals surface area contributed by atoms with Crippen molar-refractivity contribution in [1.82, 2.24) is 4.31 Å². The molecule has 0 amide bonds. The highest BCUT2D eigenvalue weighted by atomic mass is 35.5. The zero-order valence-electron chi connectivity index (χ0n) is 12.2. The molecule has 1 aromatic carbocycles. The summed E-state index contributed by atoms with van der Waals surface area (Å²) in [7, 11) is -2.83. The van der Waals surface area contributed by atoms with Crippen molar-refractivity contribution < 1.29 is 21.6 Å². The highest BCUT2D eigenvalue weighted by molar-refractivity contribution is 7.89. The van der Waals surface area contributed by atoms with Crippen molar-refractivity contribution in [2.24, 2.45) is 11.7 Å². The maximum Gasteiger partial charge on any atom is 0.416 e. The second-order valence-corrected chi connectivity index (χ2v) is 7.68. The first kappa shape index (κ1) is 20.5. The molecule has 0 heterocycles. The van der Waals surface area contributed by atoms with Crippen molar-refractivity contribution in [1.29, 1.82) is 0 Å². The normalized spacial score (nSPS) is 17.0. The van der Waals surface area contributed by atoms with Gasteiger partial charge in [0.15, 0.2) is 0 Å². The zero-order valence-corrected chi connectivity index (χ0v) is 14.6. The van der Waals surface area contributed by atoms with E-state index in [2.05, 4.69) is 0 Å². The third kappa shape index (κ3) is 4.30. The molecule has 10 heteroatoms. The topological polar surface area (TPSA) is 63.4 Å². The Morgan fingerprint density at radius 2 is 1.96 bits per heavy atom. The molecule has 0 bridgehead atoms. The summed E-state index contributed by atoms with van der Waals surface area (Å²) < 4.78 is 64.5. The van der Waals surface area contributed by atoms with Gasteiger partial charge < -0.3 is 5.73 Å². The van der Waals surface area contributed by atoms with Crippen LogP contribution in [0.3, 0.4) is 0 Å². The Morgan fingerprint density at radius 1 is 1.39 bits per heavy atom. The lowest BCUT2D eigenvalue weighted by Gasteiger charge is -2.27. The van der Waals surface area contributed by atoms with Gasteiger partial charge in [-0.2, -0.15) is 17.5 Å². The van der Waals surface area contributed by atoms with Crippen LogP contribution in [0.1, 0.15) is 18.4 Å². The maximum absolute atomic E-state index is 12.8. The molecular weight excluding hydrogens is 376 g/mol. The van der Waals surface area contributed by atoms with E-state index in [-0.39, 0.29) is 29.9 Å². The van der Waals surface area contributed by atoms with Gasteiger partial charge in [0.1, 0.15) is 4.90 Å². The summed E-state index contributed by atoms with van der Waals surface area (Å²) in [5, 5.41) is -0.244. The first-order valence-electron chi connectivity index (χ1n) is 6.64. The summed E-state index contributed by atoms with van der Waals surface area (Å²) >= 11 is 5.81. The number of benzene rings is 1. The van der Waals surface area contributed by atoms with Crippen molar-refractivity contribution in [3.8, 4) is 0 Å². The second-order valence-electron chi connectivity index (χ2n) is 5.30. The summed E-state index contributed by atoms with van der Waals surface area (Å²) in [6.07, 6.45) is -2.92. The minimum Gasteiger partial charge on any atom is -0.329 e. The van der Waals surface area contributed by atoms with E-state index in [1.807, 2.05) is 0 Å². The number of alkyl halides is 3. The Morgan fingerprint density at radius 3 is 2.39 bits per heavy atom. The number of hydrogen-bond acceptors (Lipinski definition) is 3. The molecule has 2 rings (SSSR count). The second kappa shape index (κ2) is 7.14. The van der Waals surface area contributed by atoms with E-state index < -0.39 is 32.7 Å². The van der Waals surface area contributed by atoms with Crippen LogP contribution in [0.15, 0.2) is 23.1 Å². The number of nitrogens with two attached hydrogens (primary N) is 1. The molecule has 1 aromatic rings. The van der Waals surface area contributed by atoms with Crippen molar-refractivity contribution in [3.05, 3.63) is 28.8 Å². The average molecular weight is 393 g/mol. The molecule has 0 radical (unpaired) electrons. The summed E-state index contributed by atoms with van der Waals surface area (Å²) in [5.41, 5.74) is 4.55. The Hall–Kier alpha value is -0.540. The highest BCUT2D eigenvalue weighted by Crippen LogP contribution is 2.38. The quantitative estimate of drug-likeness (QED) is 0.836. The Balaban J connectivity index is 0.00000264. The molecule has 1 atom stereocenters. The smallest absolute Gasteiger partial charge is 0.329 e. The fourth-order valence-electron chi connectivity index (χ4n) is 2.33. The van der Waals surface area contributed by atoms with E-state index in [1.54, 1.807) is 0 Å². The summed E-state index contributed by atoms with van der Waals surface area (Å²) in [6.45, 7) is 0.108. The molecule has 4 nitrogen and oxygen atoms in total. The molecule has 0 aliphatic heterocycles. The SMILES string of the molecule is CN(C(CN)C1CC1)S(=O)(=O)c1cc(C(F)(F)F)ccc1Cl.Cl. The maximum atomic E-state index is 12.8. The zero-order chi connectivity index (χ0) is 16.7. The number of hydrogen-bond donors (Lipinski definition) is 1. The van der Waals surface area contributed by atoms with Gasteiger partial charge in [-0.25, -0.2) is 8.42 Å². The van der Waals surface area contributed by atoms with Crippen LogP contribution in [0.4, 0.5) is 13.2 Å². The predicted molar refractivity (Wildman–Crippen MR) is 84.2 cm³/mol. The Bertz CT molecular complexity index is 664. The van der Waals surface area contributed by atoms with Crippen LogP contribution < -0.4 is 5.73 Å². The molecule has 23 heavy (non-hydrogen) atoms. The molecule has 1 fully saturated rings. The van der Waals surface area contributed by atoms with Gasteiger partial charge in [0.05, 0.1) is 10.6 Å². The van der Waals surface area contributed by atoms with Gasteiger partial charge in [0, 0.05) is 19.6 Å². The fraction of sp³-hybridized carbons (Fsp3) is 0.538. The van der Waals surface area contributed by atoms with Crippen LogP contribution in [0, 0.1) is 5.92 Å². The van der Waals surface area contributed by atoms with Crippen LogP contribution in [0.2, 0.25) is 5.02 Å². The number of likely N-dealkylation sites (N-methyl/N-ethyl adjacent to an activating group) is 1. The monoisotopic (exact) mass is 392 g/mol. The number of sulfonamides is 1. The van der Waals surface area contributed by atoms with Crippen molar-refractivity contribution >= 4 is 34.0 Å². The van der Waals surface area contributed by atoms with Crippen LogP contribution in [-0.4, -0.2) is 32.4 Å². The van der Waals surface area contributed by atoms with Crippen LogP contribution in [0.25, 0.3) is 0 Å². The van der Waals surface area contributed by atoms with E-state index in [4.69, 9.17) is 17.3 Å². The summed E-state index contributed by atoms with van der Waals surface area (Å²) in [6, 6.07) is 1.83. The van der Waals surface area contributed by atoms with E-state index in [9.17, 15) is 21.6 Å². The van der Waals surface area contributed by atoms with Crippen LogP contribution in [0.5, 0.6) is 0 Å². The Labute approximate surface area is 144 Å². The van der Waals surface area contributed by atoms with E-state index >= 15 is 0 Å². The first-order valence-corrected chi connectivity index (χ1v) is 8.45. The highest BCUT2D eigenvalue weighted by Gasteiger charge is 2.40. The van der Waals surface area contributed by atoms with Crippen LogP contribution in [-0.2, 0) is 16.2 Å². The van der Waals surface area contributed by atoms with Gasteiger partial charge in [-0.05, 0) is 37.0 Å². The number of rotatable bonds is 5. The lowest BCUT2D eigenvalue weighted by Crippen LogP contribution is -2.43. The largest absolute Gasteiger partial charge is 0.416 e. The average Bonchev–Trinajstić information content (AvgIpc) is 3.23. The molecule has 2 N–H and O–H groups in total. The molecule has 0 saturated heterocycles. The summed E-state index contributed by atoms with van der Waals surface area (Å²) in [5.74, 6) is 0.148.